The molecule has 2 saturated carbocycles. The molecule has 7 nitrogen and oxygen atoms in total. The van der Waals surface area contributed by atoms with Gasteiger partial charge in [-0.25, -0.2) is 0 Å². The van der Waals surface area contributed by atoms with Gasteiger partial charge in [-0.2, -0.15) is 0 Å². The molecule has 4 rings (SSSR count). The van der Waals surface area contributed by atoms with E-state index in [1.54, 1.807) is 0 Å². The summed E-state index contributed by atoms with van der Waals surface area (Å²) < 4.78 is 11.9. The molecule has 0 aromatic carbocycles. The van der Waals surface area contributed by atoms with Crippen LogP contribution in [0.4, 0.5) is 0 Å². The first-order valence-corrected chi connectivity index (χ1v) is 14.5. The van der Waals surface area contributed by atoms with Crippen LogP contribution in [0, 0.1) is 17.8 Å². The number of ether oxygens (including phenoxy) is 2. The van der Waals surface area contributed by atoms with Crippen LogP contribution in [0.15, 0.2) is 0 Å². The topological polar surface area (TPSA) is 84.9 Å². The number of esters is 2. The Hall–Kier alpha value is -1.15. The van der Waals surface area contributed by atoms with Crippen molar-refractivity contribution in [2.24, 2.45) is 17.8 Å². The van der Waals surface area contributed by atoms with Crippen molar-refractivity contribution in [1.29, 1.82) is 0 Å². The third-order valence-electron chi connectivity index (χ3n) is 8.80. The van der Waals surface area contributed by atoms with E-state index in [1.165, 1.54) is 6.42 Å². The second-order valence-corrected chi connectivity index (χ2v) is 11.5. The Morgan fingerprint density at radius 1 is 0.941 bits per heavy atom. The fraction of sp³-hybridized carbons (Fsp3) is 0.885. The van der Waals surface area contributed by atoms with Crippen LogP contribution in [-0.2, 0) is 23.9 Å². The van der Waals surface area contributed by atoms with Crippen LogP contribution in [0.25, 0.3) is 0 Å². The molecule has 0 spiro atoms. The Morgan fingerprint density at radius 3 is 2.38 bits per heavy atom. The molecule has 4 atom stereocenters. The minimum absolute atomic E-state index is 0.00263. The number of rotatable bonds is 8. The van der Waals surface area contributed by atoms with E-state index in [0.717, 1.165) is 77.0 Å². The van der Waals surface area contributed by atoms with Gasteiger partial charge >= 0.3 is 11.9 Å². The number of carbonyl (C=O) groups is 3. The molecule has 2 aliphatic carbocycles. The molecule has 2 aliphatic heterocycles. The lowest BCUT2D eigenvalue weighted by Gasteiger charge is -2.41. The van der Waals surface area contributed by atoms with Gasteiger partial charge in [0.05, 0.1) is 17.9 Å². The molecule has 2 saturated heterocycles. The highest BCUT2D eigenvalue weighted by Gasteiger charge is 2.51. The summed E-state index contributed by atoms with van der Waals surface area (Å²) in [6, 6.07) is 0.749. The summed E-state index contributed by atoms with van der Waals surface area (Å²) in [6.45, 7) is 0.418. The number of halogens is 1. The average molecular weight is 542 g/mol. The van der Waals surface area contributed by atoms with E-state index in [9.17, 15) is 14.4 Å². The molecule has 34 heavy (non-hydrogen) atoms. The zero-order chi connectivity index (χ0) is 24.1. The predicted molar refractivity (Wildman–Crippen MR) is 132 cm³/mol. The summed E-state index contributed by atoms with van der Waals surface area (Å²) in [5, 5.41) is 3.40. The van der Waals surface area contributed by atoms with Crippen molar-refractivity contribution in [1.82, 2.24) is 10.2 Å². The van der Waals surface area contributed by atoms with E-state index in [4.69, 9.17) is 9.47 Å². The quantitative estimate of drug-likeness (QED) is 0.370. The molecular weight excluding hydrogens is 500 g/mol. The first-order valence-electron chi connectivity index (χ1n) is 13.4. The van der Waals surface area contributed by atoms with Crippen LogP contribution in [0.3, 0.4) is 0 Å². The van der Waals surface area contributed by atoms with Gasteiger partial charge in [0.2, 0.25) is 5.91 Å². The van der Waals surface area contributed by atoms with Crippen LogP contribution in [-0.4, -0.2) is 66.0 Å². The molecular formula is C26H41BrN2O5. The second-order valence-electron chi connectivity index (χ2n) is 10.9. The monoisotopic (exact) mass is 540 g/mol. The van der Waals surface area contributed by atoms with Crippen LogP contribution in [0.5, 0.6) is 0 Å². The standard InChI is InChI=1S/C26H41BrN2O5/c1-29-20-11-12-21(29)24(22(15-20)34-25(31)18-5-3-2-4-6-18)26(32)33-14-13-17-7-9-19(10-8-17)28-23(30)16-27/h17-22,24H,2-16H2,1H3,(H,28,30)/t17?,19?,20-,21?,22-,24?/m1/s1. The molecule has 0 radical (unpaired) electrons. The second kappa shape index (κ2) is 12.2. The molecule has 1 amide bonds. The molecule has 2 bridgehead atoms. The summed E-state index contributed by atoms with van der Waals surface area (Å²) in [5.41, 5.74) is 0. The van der Waals surface area contributed by atoms with Crippen molar-refractivity contribution in [2.45, 2.75) is 108 Å². The van der Waals surface area contributed by atoms with E-state index in [-0.39, 0.29) is 47.9 Å². The van der Waals surface area contributed by atoms with E-state index in [2.05, 4.69) is 33.2 Å². The highest BCUT2D eigenvalue weighted by molar-refractivity contribution is 9.09. The summed E-state index contributed by atoms with van der Waals surface area (Å²) in [6.07, 6.45) is 12.5. The molecule has 8 heteroatoms. The maximum absolute atomic E-state index is 13.3. The predicted octanol–water partition coefficient (Wildman–Crippen LogP) is 3.96. The Balaban J connectivity index is 1.26. The van der Waals surface area contributed by atoms with Crippen molar-refractivity contribution in [3.8, 4) is 0 Å². The van der Waals surface area contributed by atoms with Gasteiger partial charge in [0.15, 0.2) is 0 Å². The van der Waals surface area contributed by atoms with E-state index < -0.39 is 0 Å². The number of piperidine rings is 1. The van der Waals surface area contributed by atoms with Gasteiger partial charge in [0.25, 0.3) is 0 Å². The minimum Gasteiger partial charge on any atom is -0.465 e. The Kier molecular flexibility index (Phi) is 9.30. The summed E-state index contributed by atoms with van der Waals surface area (Å²) >= 11 is 3.20. The normalized spacial score (nSPS) is 34.4. The lowest BCUT2D eigenvalue weighted by atomic mass is 9.84. The van der Waals surface area contributed by atoms with Gasteiger partial charge in [0.1, 0.15) is 12.0 Å². The van der Waals surface area contributed by atoms with Crippen LogP contribution >= 0.6 is 15.9 Å². The Bertz CT molecular complexity index is 720. The highest BCUT2D eigenvalue weighted by Crippen LogP contribution is 2.41. The molecule has 1 N–H and O–H groups in total. The molecule has 2 unspecified atom stereocenters. The lowest BCUT2D eigenvalue weighted by Crippen LogP contribution is -2.54. The van der Waals surface area contributed by atoms with Crippen molar-refractivity contribution >= 4 is 33.8 Å². The van der Waals surface area contributed by atoms with Crippen LogP contribution < -0.4 is 5.32 Å². The van der Waals surface area contributed by atoms with E-state index >= 15 is 0 Å². The maximum atomic E-state index is 13.3. The van der Waals surface area contributed by atoms with Crippen LogP contribution in [0.2, 0.25) is 0 Å². The smallest absolute Gasteiger partial charge is 0.314 e. The number of carbonyl (C=O) groups excluding carboxylic acids is 3. The minimum atomic E-state index is -0.383. The first kappa shape index (κ1) is 25.9. The molecule has 0 aromatic heterocycles. The average Bonchev–Trinajstić information content (AvgIpc) is 3.08. The fourth-order valence-electron chi connectivity index (χ4n) is 6.72. The molecule has 0 aromatic rings. The highest BCUT2D eigenvalue weighted by atomic mass is 79.9. The Morgan fingerprint density at radius 2 is 1.68 bits per heavy atom. The lowest BCUT2D eigenvalue weighted by molar-refractivity contribution is -0.173. The van der Waals surface area contributed by atoms with Crippen molar-refractivity contribution in [3.63, 3.8) is 0 Å². The van der Waals surface area contributed by atoms with Gasteiger partial charge in [-0.05, 0) is 70.8 Å². The summed E-state index contributed by atoms with van der Waals surface area (Å²) in [7, 11) is 2.09. The van der Waals surface area contributed by atoms with Crippen molar-refractivity contribution < 1.29 is 23.9 Å². The first-order chi connectivity index (χ1) is 16.5. The summed E-state index contributed by atoms with van der Waals surface area (Å²) in [5.74, 6) is -0.117. The van der Waals surface area contributed by atoms with E-state index in [1.807, 2.05) is 0 Å². The number of hydrogen-bond acceptors (Lipinski definition) is 6. The van der Waals surface area contributed by atoms with Gasteiger partial charge < -0.3 is 14.8 Å². The largest absolute Gasteiger partial charge is 0.465 e. The molecule has 192 valence electrons. The van der Waals surface area contributed by atoms with Crippen LogP contribution in [0.1, 0.15) is 83.5 Å². The van der Waals surface area contributed by atoms with Gasteiger partial charge in [-0.1, -0.05) is 35.2 Å². The Labute approximate surface area is 212 Å². The number of nitrogens with zero attached hydrogens (tertiary/aromatic N) is 1. The number of amides is 1. The fourth-order valence-corrected chi connectivity index (χ4v) is 6.88. The molecule has 4 aliphatic rings. The van der Waals surface area contributed by atoms with Crippen molar-refractivity contribution in [3.05, 3.63) is 0 Å². The van der Waals surface area contributed by atoms with Gasteiger partial charge in [-0.15, -0.1) is 0 Å². The zero-order valence-corrected chi connectivity index (χ0v) is 22.1. The number of alkyl halides is 1. The SMILES string of the molecule is CN1C2CC[C@@H]1C[C@@H](OC(=O)C1CCCCC1)C2C(=O)OCCC1CCC(NC(=O)CBr)CC1. The third-order valence-corrected chi connectivity index (χ3v) is 9.31. The number of nitrogens with one attached hydrogen (secondary N) is 1. The number of fused-ring (bicyclic) bond motifs is 2. The third kappa shape index (κ3) is 6.34. The number of hydrogen-bond donors (Lipinski definition) is 1. The van der Waals surface area contributed by atoms with Gasteiger partial charge in [0, 0.05) is 24.5 Å². The molecule has 2 heterocycles. The maximum Gasteiger partial charge on any atom is 0.314 e. The summed E-state index contributed by atoms with van der Waals surface area (Å²) in [4.78, 5) is 40.0. The molecule has 4 fully saturated rings. The van der Waals surface area contributed by atoms with Gasteiger partial charge in [-0.3, -0.25) is 19.3 Å². The zero-order valence-electron chi connectivity index (χ0n) is 20.5. The van der Waals surface area contributed by atoms with Crippen molar-refractivity contribution in [2.75, 3.05) is 19.0 Å². The van der Waals surface area contributed by atoms with E-state index in [0.29, 0.717) is 23.9 Å².